The maximum atomic E-state index is 13.1. The zero-order valence-corrected chi connectivity index (χ0v) is 22.6. The SMILES string of the molecule is CCOC(=O)c1c(Nc2nc3ccccc3nc2N2C[C@@]3(C)CC[C@H]2C(C)(C)C3)sc2c1CCCC2. The van der Waals surface area contributed by atoms with Crippen LogP contribution in [0, 0.1) is 10.8 Å². The molecule has 2 aromatic heterocycles. The van der Waals surface area contributed by atoms with Gasteiger partial charge in [-0.25, -0.2) is 14.8 Å². The van der Waals surface area contributed by atoms with Gasteiger partial charge in [0.05, 0.1) is 23.2 Å². The molecular weight excluding hydrogens is 468 g/mol. The summed E-state index contributed by atoms with van der Waals surface area (Å²) in [5.74, 6) is 1.41. The first kappa shape index (κ1) is 23.7. The van der Waals surface area contributed by atoms with Crippen molar-refractivity contribution in [2.24, 2.45) is 10.8 Å². The number of esters is 1. The Morgan fingerprint density at radius 2 is 1.92 bits per heavy atom. The highest BCUT2D eigenvalue weighted by Gasteiger charge is 2.52. The fourth-order valence-electron chi connectivity index (χ4n) is 7.09. The molecule has 2 aliphatic carbocycles. The monoisotopic (exact) mass is 504 g/mol. The van der Waals surface area contributed by atoms with E-state index in [0.717, 1.165) is 59.0 Å². The van der Waals surface area contributed by atoms with E-state index in [1.165, 1.54) is 30.6 Å². The van der Waals surface area contributed by atoms with Gasteiger partial charge in [-0.3, -0.25) is 0 Å². The largest absolute Gasteiger partial charge is 0.462 e. The molecule has 3 fully saturated rings. The van der Waals surface area contributed by atoms with Crippen LogP contribution in [0.25, 0.3) is 11.0 Å². The van der Waals surface area contributed by atoms with Gasteiger partial charge < -0.3 is 15.0 Å². The first-order chi connectivity index (χ1) is 17.3. The van der Waals surface area contributed by atoms with Gasteiger partial charge in [0.2, 0.25) is 0 Å². The Kier molecular flexibility index (Phi) is 5.74. The molecule has 190 valence electrons. The maximum Gasteiger partial charge on any atom is 0.341 e. The zero-order valence-electron chi connectivity index (χ0n) is 21.8. The van der Waals surface area contributed by atoms with Crippen LogP contribution in [-0.2, 0) is 17.6 Å². The predicted molar refractivity (Wildman–Crippen MR) is 147 cm³/mol. The first-order valence-corrected chi connectivity index (χ1v) is 14.2. The minimum Gasteiger partial charge on any atom is -0.462 e. The van der Waals surface area contributed by atoms with E-state index < -0.39 is 0 Å². The van der Waals surface area contributed by atoms with Gasteiger partial charge in [0, 0.05) is 17.5 Å². The molecule has 0 amide bonds. The zero-order chi connectivity index (χ0) is 25.1. The van der Waals surface area contributed by atoms with Crippen LogP contribution in [-0.4, -0.2) is 35.1 Å². The summed E-state index contributed by atoms with van der Waals surface area (Å²) in [6.45, 7) is 10.4. The van der Waals surface area contributed by atoms with Gasteiger partial charge in [0.1, 0.15) is 5.00 Å². The second kappa shape index (κ2) is 8.72. The highest BCUT2D eigenvalue weighted by Crippen LogP contribution is 2.55. The summed E-state index contributed by atoms with van der Waals surface area (Å²) < 4.78 is 5.51. The maximum absolute atomic E-state index is 13.1. The normalized spacial score (nSPS) is 24.6. The number of ether oxygens (including phenoxy) is 1. The lowest BCUT2D eigenvalue weighted by Crippen LogP contribution is -2.61. The number of piperidine rings is 2. The van der Waals surface area contributed by atoms with Crippen molar-refractivity contribution in [2.45, 2.75) is 78.7 Å². The number of benzene rings is 1. The lowest BCUT2D eigenvalue weighted by molar-refractivity contribution is 0.0303. The number of anilines is 3. The van der Waals surface area contributed by atoms with Gasteiger partial charge >= 0.3 is 5.97 Å². The molecule has 7 heteroatoms. The summed E-state index contributed by atoms with van der Waals surface area (Å²) in [7, 11) is 0. The fraction of sp³-hybridized carbons (Fsp3) is 0.552. The highest BCUT2D eigenvalue weighted by molar-refractivity contribution is 7.16. The summed E-state index contributed by atoms with van der Waals surface area (Å²) in [6.07, 6.45) is 7.88. The van der Waals surface area contributed by atoms with Crippen molar-refractivity contribution in [2.75, 3.05) is 23.4 Å². The number of thiophene rings is 1. The molecule has 4 heterocycles. The second-order valence-corrected chi connectivity index (χ2v) is 12.9. The summed E-state index contributed by atoms with van der Waals surface area (Å²) in [6, 6.07) is 8.49. The van der Waals surface area contributed by atoms with E-state index in [-0.39, 0.29) is 16.8 Å². The number of fused-ring (bicyclic) bond motifs is 5. The molecule has 0 unspecified atom stereocenters. The van der Waals surface area contributed by atoms with E-state index in [4.69, 9.17) is 14.7 Å². The van der Waals surface area contributed by atoms with E-state index in [1.807, 2.05) is 31.2 Å². The number of nitrogens with zero attached hydrogens (tertiary/aromatic N) is 3. The van der Waals surface area contributed by atoms with Crippen molar-refractivity contribution in [3.05, 3.63) is 40.3 Å². The Labute approximate surface area is 217 Å². The molecule has 2 saturated heterocycles. The van der Waals surface area contributed by atoms with E-state index in [9.17, 15) is 4.79 Å². The topological polar surface area (TPSA) is 67.3 Å². The Bertz CT molecular complexity index is 1330. The number of aryl methyl sites for hydroxylation is 1. The second-order valence-electron chi connectivity index (χ2n) is 11.8. The molecule has 36 heavy (non-hydrogen) atoms. The predicted octanol–water partition coefficient (Wildman–Crippen LogP) is 6.90. The molecule has 2 atom stereocenters. The van der Waals surface area contributed by atoms with Crippen LogP contribution in [0.3, 0.4) is 0 Å². The van der Waals surface area contributed by atoms with E-state index in [2.05, 4.69) is 31.0 Å². The Balaban J connectivity index is 1.48. The Morgan fingerprint density at radius 3 is 2.64 bits per heavy atom. The number of hydrogen-bond donors (Lipinski definition) is 1. The van der Waals surface area contributed by atoms with Gasteiger partial charge in [-0.1, -0.05) is 32.9 Å². The molecule has 0 radical (unpaired) electrons. The summed E-state index contributed by atoms with van der Waals surface area (Å²) >= 11 is 1.69. The lowest BCUT2D eigenvalue weighted by atomic mass is 9.58. The van der Waals surface area contributed by atoms with Gasteiger partial charge in [-0.15, -0.1) is 11.3 Å². The van der Waals surface area contributed by atoms with Crippen LogP contribution in [0.4, 0.5) is 16.6 Å². The molecule has 0 spiro atoms. The minimum atomic E-state index is -0.236. The molecule has 2 bridgehead atoms. The van der Waals surface area contributed by atoms with Crippen LogP contribution < -0.4 is 10.2 Å². The van der Waals surface area contributed by atoms with Gasteiger partial charge in [0.25, 0.3) is 0 Å². The van der Waals surface area contributed by atoms with Crippen LogP contribution in [0.15, 0.2) is 24.3 Å². The number of carbonyl (C=O) groups excluding carboxylic acids is 1. The van der Waals surface area contributed by atoms with E-state index in [1.54, 1.807) is 11.3 Å². The van der Waals surface area contributed by atoms with Crippen molar-refractivity contribution in [3.8, 4) is 0 Å². The Morgan fingerprint density at radius 1 is 1.17 bits per heavy atom. The minimum absolute atomic E-state index is 0.202. The van der Waals surface area contributed by atoms with Crippen molar-refractivity contribution in [1.29, 1.82) is 0 Å². The highest BCUT2D eigenvalue weighted by atomic mass is 32.1. The van der Waals surface area contributed by atoms with Crippen molar-refractivity contribution >= 4 is 45.0 Å². The third kappa shape index (κ3) is 3.96. The van der Waals surface area contributed by atoms with Crippen LogP contribution >= 0.6 is 11.3 Å². The average Bonchev–Trinajstić information content (AvgIpc) is 3.20. The van der Waals surface area contributed by atoms with Crippen molar-refractivity contribution in [3.63, 3.8) is 0 Å². The number of rotatable bonds is 5. The number of carbonyl (C=O) groups is 1. The van der Waals surface area contributed by atoms with Crippen LogP contribution in [0.5, 0.6) is 0 Å². The molecule has 1 saturated carbocycles. The summed E-state index contributed by atoms with van der Waals surface area (Å²) in [4.78, 5) is 27.2. The summed E-state index contributed by atoms with van der Waals surface area (Å²) in [5, 5.41) is 4.48. The number of aromatic nitrogens is 2. The van der Waals surface area contributed by atoms with Crippen LogP contribution in [0.1, 0.15) is 80.6 Å². The molecule has 6 nitrogen and oxygen atoms in total. The molecule has 4 aliphatic rings. The number of nitrogens with one attached hydrogen (secondary N) is 1. The lowest BCUT2D eigenvalue weighted by Gasteiger charge is -2.59. The molecule has 3 aromatic rings. The smallest absolute Gasteiger partial charge is 0.341 e. The molecule has 7 rings (SSSR count). The van der Waals surface area contributed by atoms with Gasteiger partial charge in [-0.05, 0) is 80.4 Å². The van der Waals surface area contributed by atoms with Crippen molar-refractivity contribution in [1.82, 2.24) is 9.97 Å². The Hall–Kier alpha value is -2.67. The number of hydrogen-bond acceptors (Lipinski definition) is 7. The van der Waals surface area contributed by atoms with E-state index >= 15 is 0 Å². The number of para-hydroxylation sites is 2. The third-order valence-corrected chi connectivity index (χ3v) is 9.65. The molecule has 2 aliphatic heterocycles. The molecular formula is C29H36N4O2S. The van der Waals surface area contributed by atoms with Gasteiger partial charge in [-0.2, -0.15) is 0 Å². The third-order valence-electron chi connectivity index (χ3n) is 8.44. The van der Waals surface area contributed by atoms with Crippen molar-refractivity contribution < 1.29 is 9.53 Å². The van der Waals surface area contributed by atoms with Crippen LogP contribution in [0.2, 0.25) is 0 Å². The van der Waals surface area contributed by atoms with E-state index in [0.29, 0.717) is 18.2 Å². The summed E-state index contributed by atoms with van der Waals surface area (Å²) in [5.41, 5.74) is 4.08. The quantitative estimate of drug-likeness (QED) is 0.381. The first-order valence-electron chi connectivity index (χ1n) is 13.4. The van der Waals surface area contributed by atoms with Gasteiger partial charge in [0.15, 0.2) is 11.6 Å². The average molecular weight is 505 g/mol. The fourth-order valence-corrected chi connectivity index (χ4v) is 8.37. The molecule has 1 N–H and O–H groups in total. The molecule has 1 aromatic carbocycles. The standard InChI is InChI=1S/C29H36N4O2S/c1-5-35-27(34)23-18-10-6-9-13-21(18)36-26(23)32-24-25(31-20-12-8-7-11-19(20)30-24)33-17-29(4)15-14-22(33)28(2,3)16-29/h7-8,11-12,22H,5-6,9-10,13-17H2,1-4H3,(H,30,32)/t22-,29-/m0/s1.